The normalized spacial score (nSPS) is 11.9. The third-order valence-corrected chi connectivity index (χ3v) is 7.11. The number of hydrogen-bond acceptors (Lipinski definition) is 3. The molecule has 0 saturated heterocycles. The maximum Gasteiger partial charge on any atom is 0.227 e. The monoisotopic (exact) mass is 478 g/mol. The summed E-state index contributed by atoms with van der Waals surface area (Å²) >= 11 is 0. The first-order chi connectivity index (χ1) is 18.2. The smallest absolute Gasteiger partial charge is 0.227 e. The molecule has 4 aromatic carbocycles. The van der Waals surface area contributed by atoms with E-state index in [-0.39, 0.29) is 0 Å². The van der Waals surface area contributed by atoms with E-state index in [9.17, 15) is 0 Å². The van der Waals surface area contributed by atoms with Gasteiger partial charge in [0, 0.05) is 27.9 Å². The van der Waals surface area contributed by atoms with Gasteiger partial charge in [-0.05, 0) is 76.2 Å². The Morgan fingerprint density at radius 1 is 0.730 bits per heavy atom. The lowest BCUT2D eigenvalue weighted by Crippen LogP contribution is -1.96. The molecule has 3 nitrogen and oxygen atoms in total. The molecule has 7 aromatic rings. The molecule has 178 valence electrons. The molecule has 7 rings (SSSR count). The molecule has 3 aromatic heterocycles. The van der Waals surface area contributed by atoms with Crippen LogP contribution in [0.25, 0.3) is 66.1 Å². The Bertz CT molecular complexity index is 1930. The zero-order chi connectivity index (χ0) is 24.9. The van der Waals surface area contributed by atoms with Crippen LogP contribution in [0.1, 0.15) is 19.4 Å². The maximum absolute atomic E-state index is 6.37. The van der Waals surface area contributed by atoms with Gasteiger partial charge in [0.1, 0.15) is 5.58 Å². The molecule has 0 aliphatic carbocycles. The molecule has 0 bridgehead atoms. The number of furan rings is 1. The van der Waals surface area contributed by atoms with E-state index >= 15 is 0 Å². The van der Waals surface area contributed by atoms with Crippen molar-refractivity contribution in [3.05, 3.63) is 109 Å². The summed E-state index contributed by atoms with van der Waals surface area (Å²) in [6.45, 7) is 4.51. The van der Waals surface area contributed by atoms with E-state index in [1.165, 1.54) is 32.8 Å². The van der Waals surface area contributed by atoms with Crippen LogP contribution in [0.5, 0.6) is 0 Å². The molecule has 0 fully saturated rings. The summed E-state index contributed by atoms with van der Waals surface area (Å²) in [5.74, 6) is 0.539. The summed E-state index contributed by atoms with van der Waals surface area (Å²) in [4.78, 5) is 9.75. The Kier molecular flexibility index (Phi) is 5.03. The number of benzene rings is 4. The van der Waals surface area contributed by atoms with Gasteiger partial charge in [-0.3, -0.25) is 0 Å². The molecule has 0 unspecified atom stereocenters. The largest absolute Gasteiger partial charge is 0.437 e. The number of hydrogen-bond donors (Lipinski definition) is 0. The van der Waals surface area contributed by atoms with Crippen LogP contribution in [0.4, 0.5) is 0 Å². The minimum absolute atomic E-state index is 0.539. The first-order valence-corrected chi connectivity index (χ1v) is 12.8. The maximum atomic E-state index is 6.37. The molecule has 3 heterocycles. The summed E-state index contributed by atoms with van der Waals surface area (Å²) < 4.78 is 6.37. The van der Waals surface area contributed by atoms with Crippen molar-refractivity contribution in [3.8, 4) is 22.4 Å². The lowest BCUT2D eigenvalue weighted by molar-refractivity contribution is 0.644. The van der Waals surface area contributed by atoms with E-state index in [2.05, 4.69) is 110 Å². The second kappa shape index (κ2) is 8.56. The van der Waals surface area contributed by atoms with E-state index in [1.54, 1.807) is 6.20 Å². The predicted molar refractivity (Wildman–Crippen MR) is 154 cm³/mol. The van der Waals surface area contributed by atoms with E-state index in [1.807, 2.05) is 6.07 Å². The highest BCUT2D eigenvalue weighted by molar-refractivity contribution is 6.15. The van der Waals surface area contributed by atoms with Crippen molar-refractivity contribution in [1.29, 1.82) is 0 Å². The van der Waals surface area contributed by atoms with Crippen LogP contribution in [0.15, 0.2) is 108 Å². The highest BCUT2D eigenvalue weighted by Gasteiger charge is 2.19. The summed E-state index contributed by atoms with van der Waals surface area (Å²) in [7, 11) is 0. The minimum Gasteiger partial charge on any atom is -0.437 e. The Balaban J connectivity index is 1.59. The molecule has 0 aliphatic heterocycles. The van der Waals surface area contributed by atoms with Gasteiger partial charge in [0.15, 0.2) is 0 Å². The third kappa shape index (κ3) is 3.66. The first kappa shape index (κ1) is 21.8. The van der Waals surface area contributed by atoms with Crippen LogP contribution in [-0.4, -0.2) is 9.97 Å². The van der Waals surface area contributed by atoms with Crippen LogP contribution in [0.3, 0.4) is 0 Å². The van der Waals surface area contributed by atoms with Gasteiger partial charge in [0.25, 0.3) is 0 Å². The van der Waals surface area contributed by atoms with Gasteiger partial charge < -0.3 is 4.42 Å². The summed E-state index contributed by atoms with van der Waals surface area (Å²) in [5.41, 5.74) is 8.04. The van der Waals surface area contributed by atoms with E-state index < -0.39 is 0 Å². The van der Waals surface area contributed by atoms with Crippen molar-refractivity contribution >= 4 is 43.7 Å². The Labute approximate surface area is 215 Å². The standard InChI is InChI=1S/C34H26N2O/c1-21(2)17-22-18-28-26-13-8-16-35-34(26)37-33(28)29(19-22)31-20-27(23-9-4-3-5-10-23)32-25-12-7-6-11-24(25)14-15-30(32)36-31/h3-16,18-21H,17H2,1-2H3. The van der Waals surface area contributed by atoms with Crippen LogP contribution >= 0.6 is 0 Å². The van der Waals surface area contributed by atoms with Crippen LogP contribution in [-0.2, 0) is 6.42 Å². The third-order valence-electron chi connectivity index (χ3n) is 7.11. The van der Waals surface area contributed by atoms with Gasteiger partial charge in [-0.1, -0.05) is 74.5 Å². The van der Waals surface area contributed by atoms with E-state index in [4.69, 9.17) is 9.40 Å². The molecule has 0 atom stereocenters. The van der Waals surface area contributed by atoms with Gasteiger partial charge in [0.2, 0.25) is 5.71 Å². The van der Waals surface area contributed by atoms with Gasteiger partial charge >= 0.3 is 0 Å². The quantitative estimate of drug-likeness (QED) is 0.237. The summed E-state index contributed by atoms with van der Waals surface area (Å²) in [6, 6.07) is 34.3. The Hall–Kier alpha value is -4.50. The molecule has 0 spiro atoms. The molecule has 0 saturated carbocycles. The Morgan fingerprint density at radius 2 is 1.54 bits per heavy atom. The lowest BCUT2D eigenvalue weighted by atomic mass is 9.93. The number of pyridine rings is 2. The fourth-order valence-electron chi connectivity index (χ4n) is 5.54. The molecule has 0 radical (unpaired) electrons. The van der Waals surface area contributed by atoms with Crippen molar-refractivity contribution in [1.82, 2.24) is 9.97 Å². The minimum atomic E-state index is 0.539. The Morgan fingerprint density at radius 3 is 2.41 bits per heavy atom. The highest BCUT2D eigenvalue weighted by atomic mass is 16.3. The SMILES string of the molecule is CC(C)Cc1cc(-c2cc(-c3ccccc3)c3c(ccc4ccccc43)n2)c2oc3ncccc3c2c1. The van der Waals surface area contributed by atoms with Crippen LogP contribution < -0.4 is 0 Å². The lowest BCUT2D eigenvalue weighted by Gasteiger charge is -2.14. The predicted octanol–water partition coefficient (Wildman–Crippen LogP) is 9.21. The zero-order valence-corrected chi connectivity index (χ0v) is 20.9. The first-order valence-electron chi connectivity index (χ1n) is 12.8. The van der Waals surface area contributed by atoms with Crippen molar-refractivity contribution in [3.63, 3.8) is 0 Å². The molecular weight excluding hydrogens is 452 g/mol. The van der Waals surface area contributed by atoms with Gasteiger partial charge in [-0.15, -0.1) is 0 Å². The van der Waals surface area contributed by atoms with Crippen LogP contribution in [0, 0.1) is 5.92 Å². The van der Waals surface area contributed by atoms with Gasteiger partial charge in [-0.2, -0.15) is 0 Å². The molecular formula is C34H26N2O. The molecule has 3 heteroatoms. The van der Waals surface area contributed by atoms with Gasteiger partial charge in [0.05, 0.1) is 11.2 Å². The molecule has 0 aliphatic rings. The average Bonchev–Trinajstić information content (AvgIpc) is 3.30. The molecule has 0 amide bonds. The van der Waals surface area contributed by atoms with Crippen molar-refractivity contribution in [2.45, 2.75) is 20.3 Å². The fraction of sp³-hybridized carbons (Fsp3) is 0.118. The second-order valence-corrected chi connectivity index (χ2v) is 10.2. The van der Waals surface area contributed by atoms with Crippen molar-refractivity contribution < 1.29 is 4.42 Å². The second-order valence-electron chi connectivity index (χ2n) is 10.2. The summed E-state index contributed by atoms with van der Waals surface area (Å²) in [6.07, 6.45) is 2.77. The molecule has 37 heavy (non-hydrogen) atoms. The fourth-order valence-corrected chi connectivity index (χ4v) is 5.54. The van der Waals surface area contributed by atoms with E-state index in [0.717, 1.165) is 39.6 Å². The van der Waals surface area contributed by atoms with Crippen molar-refractivity contribution in [2.24, 2.45) is 5.92 Å². The number of nitrogens with zero attached hydrogens (tertiary/aromatic N) is 2. The number of aromatic nitrogens is 2. The van der Waals surface area contributed by atoms with Crippen LogP contribution in [0.2, 0.25) is 0 Å². The topological polar surface area (TPSA) is 38.9 Å². The summed E-state index contributed by atoms with van der Waals surface area (Å²) in [5, 5.41) is 5.74. The van der Waals surface area contributed by atoms with Gasteiger partial charge in [-0.25, -0.2) is 9.97 Å². The van der Waals surface area contributed by atoms with Crippen molar-refractivity contribution in [2.75, 3.05) is 0 Å². The number of fused-ring (bicyclic) bond motifs is 6. The average molecular weight is 479 g/mol. The van der Waals surface area contributed by atoms with E-state index in [0.29, 0.717) is 11.6 Å². The zero-order valence-electron chi connectivity index (χ0n) is 20.9. The highest BCUT2D eigenvalue weighted by Crippen LogP contribution is 2.40. The molecule has 0 N–H and O–H groups in total. The number of rotatable bonds is 4.